The van der Waals surface area contributed by atoms with Gasteiger partial charge in [-0.15, -0.1) is 0 Å². The smallest absolute Gasteiger partial charge is 0.255 e. The number of primary amides is 1. The summed E-state index contributed by atoms with van der Waals surface area (Å²) in [6.07, 6.45) is 2.66. The molecule has 2 heterocycles. The molecule has 3 aromatic carbocycles. The number of piperidine rings is 1. The fourth-order valence-electron chi connectivity index (χ4n) is 5.12. The summed E-state index contributed by atoms with van der Waals surface area (Å²) in [4.78, 5) is 29.0. The van der Waals surface area contributed by atoms with E-state index in [2.05, 4.69) is 45.4 Å². The van der Waals surface area contributed by atoms with Crippen molar-refractivity contribution < 1.29 is 9.59 Å². The second kappa shape index (κ2) is 10.3. The number of amides is 2. The predicted molar refractivity (Wildman–Crippen MR) is 139 cm³/mol. The minimum Gasteiger partial charge on any atom is -0.369 e. The summed E-state index contributed by atoms with van der Waals surface area (Å²) in [7, 11) is 0. The van der Waals surface area contributed by atoms with Gasteiger partial charge in [0.1, 0.15) is 0 Å². The van der Waals surface area contributed by atoms with Crippen LogP contribution in [0.2, 0.25) is 0 Å². The quantitative estimate of drug-likeness (QED) is 0.568. The van der Waals surface area contributed by atoms with E-state index in [9.17, 15) is 9.59 Å². The maximum atomic E-state index is 12.9. The molecule has 6 nitrogen and oxygen atoms in total. The summed E-state index contributed by atoms with van der Waals surface area (Å²) in [5, 5.41) is 3.04. The standard InChI is InChI=1S/C29H32N4O2/c30-28(34)23-12-15-32(16-13-23)19-21-4-3-7-26(18-21)31-29(35)24-8-10-27(11-9-24)33-17-14-22-5-1-2-6-25(22)20-33/h1-11,18,23H,12-17,19-20H2,(H2,30,34)(H,31,35). The zero-order valence-electron chi connectivity index (χ0n) is 20.0. The maximum Gasteiger partial charge on any atom is 0.255 e. The van der Waals surface area contributed by atoms with Gasteiger partial charge < -0.3 is 16.0 Å². The van der Waals surface area contributed by atoms with Gasteiger partial charge in [0.2, 0.25) is 5.91 Å². The Kier molecular flexibility index (Phi) is 6.82. The van der Waals surface area contributed by atoms with Crippen molar-refractivity contribution in [3.8, 4) is 0 Å². The second-order valence-electron chi connectivity index (χ2n) is 9.59. The van der Waals surface area contributed by atoms with Gasteiger partial charge >= 0.3 is 0 Å². The van der Waals surface area contributed by atoms with Crippen LogP contribution in [-0.4, -0.2) is 36.3 Å². The van der Waals surface area contributed by atoms with E-state index in [-0.39, 0.29) is 17.7 Å². The van der Waals surface area contributed by atoms with Crippen molar-refractivity contribution in [3.63, 3.8) is 0 Å². The molecule has 3 aromatic rings. The van der Waals surface area contributed by atoms with Gasteiger partial charge in [-0.2, -0.15) is 0 Å². The second-order valence-corrected chi connectivity index (χ2v) is 9.59. The largest absolute Gasteiger partial charge is 0.369 e. The summed E-state index contributed by atoms with van der Waals surface area (Å²) in [6, 6.07) is 24.5. The Balaban J connectivity index is 1.18. The highest BCUT2D eigenvalue weighted by atomic mass is 16.2. The van der Waals surface area contributed by atoms with Crippen LogP contribution in [0.4, 0.5) is 11.4 Å². The summed E-state index contributed by atoms with van der Waals surface area (Å²) in [6.45, 7) is 4.39. The van der Waals surface area contributed by atoms with Crippen LogP contribution in [0.25, 0.3) is 0 Å². The number of nitrogens with zero attached hydrogens (tertiary/aromatic N) is 2. The fraction of sp³-hybridized carbons (Fsp3) is 0.310. The van der Waals surface area contributed by atoms with E-state index in [0.29, 0.717) is 5.56 Å². The third-order valence-corrected chi connectivity index (χ3v) is 7.21. The monoisotopic (exact) mass is 468 g/mol. The highest BCUT2D eigenvalue weighted by Gasteiger charge is 2.23. The molecule has 0 saturated carbocycles. The lowest BCUT2D eigenvalue weighted by Crippen LogP contribution is -2.38. The number of carbonyl (C=O) groups is 2. The Bertz CT molecular complexity index is 1200. The molecular weight excluding hydrogens is 436 g/mol. The topological polar surface area (TPSA) is 78.7 Å². The van der Waals surface area contributed by atoms with E-state index in [4.69, 9.17) is 5.73 Å². The average Bonchev–Trinajstić information content (AvgIpc) is 2.89. The van der Waals surface area contributed by atoms with E-state index in [0.717, 1.165) is 68.9 Å². The molecule has 1 saturated heterocycles. The van der Waals surface area contributed by atoms with Crippen LogP contribution in [-0.2, 0) is 24.3 Å². The van der Waals surface area contributed by atoms with Crippen LogP contribution in [0, 0.1) is 5.92 Å². The first-order valence-electron chi connectivity index (χ1n) is 12.4. The fourth-order valence-corrected chi connectivity index (χ4v) is 5.12. The summed E-state index contributed by atoms with van der Waals surface area (Å²) in [5.41, 5.74) is 12.0. The molecule has 1 fully saturated rings. The third-order valence-electron chi connectivity index (χ3n) is 7.21. The average molecular weight is 469 g/mol. The van der Waals surface area contributed by atoms with E-state index < -0.39 is 0 Å². The highest BCUT2D eigenvalue weighted by Crippen LogP contribution is 2.25. The van der Waals surface area contributed by atoms with Crippen LogP contribution in [0.1, 0.15) is 39.9 Å². The van der Waals surface area contributed by atoms with E-state index in [1.165, 1.54) is 11.1 Å². The van der Waals surface area contributed by atoms with Crippen molar-refractivity contribution in [2.24, 2.45) is 11.7 Å². The van der Waals surface area contributed by atoms with Crippen molar-refractivity contribution in [1.29, 1.82) is 0 Å². The van der Waals surface area contributed by atoms with Gasteiger partial charge in [-0.25, -0.2) is 0 Å². The van der Waals surface area contributed by atoms with E-state index in [1.54, 1.807) is 0 Å². The van der Waals surface area contributed by atoms with Gasteiger partial charge in [-0.05, 0) is 85.4 Å². The molecule has 180 valence electrons. The molecule has 2 aliphatic heterocycles. The molecular formula is C29H32N4O2. The van der Waals surface area contributed by atoms with Crippen molar-refractivity contribution >= 4 is 23.2 Å². The van der Waals surface area contributed by atoms with E-state index >= 15 is 0 Å². The van der Waals surface area contributed by atoms with Crippen LogP contribution in [0.3, 0.4) is 0 Å². The molecule has 2 aliphatic rings. The van der Waals surface area contributed by atoms with E-state index in [1.807, 2.05) is 42.5 Å². The SMILES string of the molecule is NC(=O)C1CCN(Cc2cccc(NC(=O)c3ccc(N4CCc5ccccc5C4)cc3)c2)CC1. The number of carbonyl (C=O) groups excluding carboxylic acids is 2. The number of likely N-dealkylation sites (tertiary alicyclic amines) is 1. The first-order chi connectivity index (χ1) is 17.0. The number of anilines is 2. The minimum atomic E-state index is -0.191. The highest BCUT2D eigenvalue weighted by molar-refractivity contribution is 6.04. The summed E-state index contributed by atoms with van der Waals surface area (Å²) < 4.78 is 0. The molecule has 0 aliphatic carbocycles. The number of fused-ring (bicyclic) bond motifs is 1. The van der Waals surface area contributed by atoms with Crippen molar-refractivity contribution in [3.05, 3.63) is 95.1 Å². The van der Waals surface area contributed by atoms with Gasteiger partial charge in [0.15, 0.2) is 0 Å². The van der Waals surface area contributed by atoms with Gasteiger partial charge in [0, 0.05) is 42.5 Å². The number of hydrogen-bond donors (Lipinski definition) is 2. The van der Waals surface area contributed by atoms with Crippen LogP contribution < -0.4 is 16.0 Å². The zero-order valence-corrected chi connectivity index (χ0v) is 20.0. The zero-order chi connectivity index (χ0) is 24.2. The Morgan fingerprint density at radius 1 is 0.886 bits per heavy atom. The van der Waals surface area contributed by atoms with Crippen molar-refractivity contribution in [2.45, 2.75) is 32.4 Å². The first-order valence-corrected chi connectivity index (χ1v) is 12.4. The van der Waals surface area contributed by atoms with Gasteiger partial charge in [-0.3, -0.25) is 14.5 Å². The van der Waals surface area contributed by atoms with Gasteiger partial charge in [-0.1, -0.05) is 36.4 Å². The lowest BCUT2D eigenvalue weighted by atomic mass is 9.96. The van der Waals surface area contributed by atoms with Gasteiger partial charge in [0.25, 0.3) is 5.91 Å². The number of nitrogens with two attached hydrogens (primary N) is 1. The molecule has 0 aromatic heterocycles. The van der Waals surface area contributed by atoms with Crippen molar-refractivity contribution in [2.75, 3.05) is 29.9 Å². The summed E-state index contributed by atoms with van der Waals surface area (Å²) in [5.74, 6) is -0.308. The molecule has 0 bridgehead atoms. The van der Waals surface area contributed by atoms with Gasteiger partial charge in [0.05, 0.1) is 0 Å². The van der Waals surface area contributed by atoms with Crippen LogP contribution in [0.15, 0.2) is 72.8 Å². The molecule has 3 N–H and O–H groups in total. The Morgan fingerprint density at radius 3 is 2.37 bits per heavy atom. The summed E-state index contributed by atoms with van der Waals surface area (Å²) >= 11 is 0. The Hall–Kier alpha value is -3.64. The van der Waals surface area contributed by atoms with Crippen LogP contribution in [0.5, 0.6) is 0 Å². The molecule has 0 spiro atoms. The minimum absolute atomic E-state index is 0.00557. The molecule has 0 radical (unpaired) electrons. The number of rotatable bonds is 6. The number of nitrogens with one attached hydrogen (secondary N) is 1. The lowest BCUT2D eigenvalue weighted by molar-refractivity contribution is -0.123. The normalized spacial score (nSPS) is 16.5. The first kappa shape index (κ1) is 23.1. The molecule has 0 atom stereocenters. The Labute approximate surface area is 206 Å². The van der Waals surface area contributed by atoms with Crippen molar-refractivity contribution in [1.82, 2.24) is 4.90 Å². The molecule has 0 unspecified atom stereocenters. The molecule has 5 rings (SSSR count). The lowest BCUT2D eigenvalue weighted by Gasteiger charge is -2.30. The Morgan fingerprint density at radius 2 is 1.63 bits per heavy atom. The molecule has 6 heteroatoms. The molecule has 35 heavy (non-hydrogen) atoms. The number of hydrogen-bond acceptors (Lipinski definition) is 4. The number of benzene rings is 3. The van der Waals surface area contributed by atoms with Crippen LogP contribution >= 0.6 is 0 Å². The predicted octanol–water partition coefficient (Wildman–Crippen LogP) is 4.20. The molecule has 2 amide bonds. The third kappa shape index (κ3) is 5.54. The maximum absolute atomic E-state index is 12.9.